The van der Waals surface area contributed by atoms with E-state index >= 15 is 0 Å². The summed E-state index contributed by atoms with van der Waals surface area (Å²) in [6, 6.07) is 24.7. The summed E-state index contributed by atoms with van der Waals surface area (Å²) in [5, 5.41) is 4.57. The third-order valence-corrected chi connectivity index (χ3v) is 6.40. The molecule has 1 aliphatic carbocycles. The van der Waals surface area contributed by atoms with E-state index in [2.05, 4.69) is 17.4 Å². The molecule has 2 amide bonds. The van der Waals surface area contributed by atoms with E-state index in [1.54, 1.807) is 0 Å². The van der Waals surface area contributed by atoms with Crippen molar-refractivity contribution in [2.75, 3.05) is 5.32 Å². The van der Waals surface area contributed by atoms with Crippen LogP contribution in [0.4, 0.5) is 5.82 Å². The molecule has 4 aromatic rings. The molecule has 6 nitrogen and oxygen atoms in total. The minimum atomic E-state index is -0.0942. The zero-order valence-electron chi connectivity index (χ0n) is 18.7. The van der Waals surface area contributed by atoms with Crippen molar-refractivity contribution in [2.45, 2.75) is 38.3 Å². The van der Waals surface area contributed by atoms with Crippen molar-refractivity contribution in [3.8, 4) is 22.5 Å². The van der Waals surface area contributed by atoms with Crippen molar-refractivity contribution in [1.82, 2.24) is 14.9 Å². The number of imide groups is 1. The number of hydrogen-bond acceptors (Lipinski definition) is 5. The summed E-state index contributed by atoms with van der Waals surface area (Å²) in [5.41, 5.74) is 4.90. The van der Waals surface area contributed by atoms with Gasteiger partial charge in [0, 0.05) is 29.8 Å². The van der Waals surface area contributed by atoms with E-state index in [-0.39, 0.29) is 11.8 Å². The molecular weight excluding hydrogens is 424 g/mol. The van der Waals surface area contributed by atoms with Crippen molar-refractivity contribution >= 4 is 28.5 Å². The number of aromatic nitrogens is 2. The van der Waals surface area contributed by atoms with Gasteiger partial charge >= 0.3 is 0 Å². The van der Waals surface area contributed by atoms with E-state index in [1.165, 1.54) is 4.90 Å². The van der Waals surface area contributed by atoms with E-state index in [0.29, 0.717) is 31.3 Å². The fourth-order valence-corrected chi connectivity index (χ4v) is 4.39. The van der Waals surface area contributed by atoms with Crippen LogP contribution in [0, 0.1) is 0 Å². The molecular formula is C28H24N4O2. The molecule has 2 fully saturated rings. The summed E-state index contributed by atoms with van der Waals surface area (Å²) >= 11 is 0. The highest BCUT2D eigenvalue weighted by Gasteiger charge is 2.28. The minimum absolute atomic E-state index is 0.0942. The van der Waals surface area contributed by atoms with Gasteiger partial charge in [-0.1, -0.05) is 54.6 Å². The predicted octanol–water partition coefficient (Wildman–Crippen LogP) is 5.19. The minimum Gasteiger partial charge on any atom is -0.367 e. The Hall–Kier alpha value is -4.06. The number of nitrogens with zero attached hydrogens (tertiary/aromatic N) is 3. The lowest BCUT2D eigenvalue weighted by molar-refractivity contribution is -0.139. The second-order valence-corrected chi connectivity index (χ2v) is 8.99. The summed E-state index contributed by atoms with van der Waals surface area (Å²) < 4.78 is 0. The first-order chi connectivity index (χ1) is 16.6. The van der Waals surface area contributed by atoms with Gasteiger partial charge < -0.3 is 5.32 Å². The highest BCUT2D eigenvalue weighted by Crippen LogP contribution is 2.33. The van der Waals surface area contributed by atoms with Gasteiger partial charge in [-0.2, -0.15) is 0 Å². The Kier molecular flexibility index (Phi) is 5.06. The molecule has 3 aromatic carbocycles. The lowest BCUT2D eigenvalue weighted by Gasteiger charge is -2.15. The summed E-state index contributed by atoms with van der Waals surface area (Å²) in [6.07, 6.45) is 2.93. The van der Waals surface area contributed by atoms with Gasteiger partial charge in [0.2, 0.25) is 11.8 Å². The van der Waals surface area contributed by atoms with Gasteiger partial charge in [-0.25, -0.2) is 9.97 Å². The van der Waals surface area contributed by atoms with Crippen LogP contribution < -0.4 is 5.32 Å². The second kappa shape index (κ2) is 8.37. The normalized spacial score (nSPS) is 15.8. The molecule has 168 valence electrons. The van der Waals surface area contributed by atoms with E-state index in [4.69, 9.17) is 9.97 Å². The monoisotopic (exact) mass is 448 g/mol. The number of benzene rings is 3. The van der Waals surface area contributed by atoms with E-state index in [1.807, 2.05) is 60.7 Å². The molecule has 0 bridgehead atoms. The number of carbonyl (C=O) groups is 2. The Balaban J connectivity index is 1.38. The number of likely N-dealkylation sites (tertiary alicyclic amines) is 1. The SMILES string of the molecule is O=C1CCC(=O)N1Cc1cccc(-c2ccc3nc(-c4ccccc4)nc(NC4CC4)c3c2)c1. The summed E-state index contributed by atoms with van der Waals surface area (Å²) in [4.78, 5) is 35.2. The van der Waals surface area contributed by atoms with E-state index in [0.717, 1.165) is 51.8 Å². The van der Waals surface area contributed by atoms with Crippen molar-refractivity contribution in [1.29, 1.82) is 0 Å². The summed E-state index contributed by atoms with van der Waals surface area (Å²) in [7, 11) is 0. The van der Waals surface area contributed by atoms with Crippen LogP contribution in [-0.4, -0.2) is 32.7 Å². The van der Waals surface area contributed by atoms with Crippen LogP contribution in [0.2, 0.25) is 0 Å². The maximum atomic E-state index is 12.0. The topological polar surface area (TPSA) is 75.2 Å². The Morgan fingerprint density at radius 1 is 0.794 bits per heavy atom. The maximum Gasteiger partial charge on any atom is 0.229 e. The van der Waals surface area contributed by atoms with Crippen LogP contribution in [0.15, 0.2) is 72.8 Å². The zero-order valence-corrected chi connectivity index (χ0v) is 18.7. The Bertz CT molecular complexity index is 1400. The molecule has 1 aromatic heterocycles. The Morgan fingerprint density at radius 3 is 2.29 bits per heavy atom. The van der Waals surface area contributed by atoms with Crippen molar-refractivity contribution in [3.63, 3.8) is 0 Å². The maximum absolute atomic E-state index is 12.0. The summed E-state index contributed by atoms with van der Waals surface area (Å²) in [5.74, 6) is 1.38. The molecule has 0 spiro atoms. The zero-order chi connectivity index (χ0) is 23.1. The number of carbonyl (C=O) groups excluding carboxylic acids is 2. The van der Waals surface area contributed by atoms with Crippen LogP contribution in [0.25, 0.3) is 33.4 Å². The smallest absolute Gasteiger partial charge is 0.229 e. The van der Waals surface area contributed by atoms with E-state index in [9.17, 15) is 9.59 Å². The van der Waals surface area contributed by atoms with Crippen molar-refractivity contribution < 1.29 is 9.59 Å². The fourth-order valence-electron chi connectivity index (χ4n) is 4.39. The van der Waals surface area contributed by atoms with Gasteiger partial charge in [-0.3, -0.25) is 14.5 Å². The number of hydrogen-bond donors (Lipinski definition) is 1. The lowest BCUT2D eigenvalue weighted by Crippen LogP contribution is -2.28. The number of nitrogens with one attached hydrogen (secondary N) is 1. The van der Waals surface area contributed by atoms with Gasteiger partial charge in [0.15, 0.2) is 5.82 Å². The van der Waals surface area contributed by atoms with Gasteiger partial charge in [-0.05, 0) is 47.7 Å². The second-order valence-electron chi connectivity index (χ2n) is 8.99. The molecule has 0 unspecified atom stereocenters. The van der Waals surface area contributed by atoms with Crippen LogP contribution in [-0.2, 0) is 16.1 Å². The number of amides is 2. The predicted molar refractivity (Wildman–Crippen MR) is 132 cm³/mol. The molecule has 2 heterocycles. The Labute approximate surface area is 197 Å². The summed E-state index contributed by atoms with van der Waals surface area (Å²) in [6.45, 7) is 0.317. The third-order valence-electron chi connectivity index (χ3n) is 6.40. The fraction of sp³-hybridized carbons (Fsp3) is 0.214. The quantitative estimate of drug-likeness (QED) is 0.411. The molecule has 0 atom stereocenters. The molecule has 1 saturated carbocycles. The van der Waals surface area contributed by atoms with Crippen LogP contribution >= 0.6 is 0 Å². The van der Waals surface area contributed by atoms with Gasteiger partial charge in [0.05, 0.1) is 12.1 Å². The number of fused-ring (bicyclic) bond motifs is 1. The largest absolute Gasteiger partial charge is 0.367 e. The average molecular weight is 449 g/mol. The highest BCUT2D eigenvalue weighted by atomic mass is 16.2. The molecule has 1 N–H and O–H groups in total. The standard InChI is InChI=1S/C28H24N4O2/c33-25-13-14-26(34)32(25)17-18-5-4-8-20(15-18)21-9-12-24-23(16-21)28(29-22-10-11-22)31-27(30-24)19-6-2-1-3-7-19/h1-9,12,15-16,22H,10-11,13-14,17H2,(H,29,30,31). The molecule has 1 saturated heterocycles. The lowest BCUT2D eigenvalue weighted by atomic mass is 10.0. The molecule has 6 heteroatoms. The van der Waals surface area contributed by atoms with Gasteiger partial charge in [-0.15, -0.1) is 0 Å². The van der Waals surface area contributed by atoms with Crippen molar-refractivity contribution in [2.24, 2.45) is 0 Å². The highest BCUT2D eigenvalue weighted by molar-refractivity contribution is 6.01. The molecule has 1 aliphatic heterocycles. The average Bonchev–Trinajstić information content (AvgIpc) is 3.64. The molecule has 34 heavy (non-hydrogen) atoms. The third kappa shape index (κ3) is 4.03. The molecule has 6 rings (SSSR count). The van der Waals surface area contributed by atoms with E-state index < -0.39 is 0 Å². The van der Waals surface area contributed by atoms with Crippen LogP contribution in [0.1, 0.15) is 31.2 Å². The van der Waals surface area contributed by atoms with Crippen LogP contribution in [0.3, 0.4) is 0 Å². The van der Waals surface area contributed by atoms with Crippen LogP contribution in [0.5, 0.6) is 0 Å². The van der Waals surface area contributed by atoms with Gasteiger partial charge in [0.25, 0.3) is 0 Å². The first-order valence-corrected chi connectivity index (χ1v) is 11.7. The number of rotatable bonds is 6. The molecule has 2 aliphatic rings. The van der Waals surface area contributed by atoms with Crippen molar-refractivity contribution in [3.05, 3.63) is 78.4 Å². The Morgan fingerprint density at radius 2 is 1.53 bits per heavy atom. The van der Waals surface area contributed by atoms with Gasteiger partial charge in [0.1, 0.15) is 5.82 Å². The first kappa shape index (κ1) is 20.5. The number of anilines is 1. The molecule has 0 radical (unpaired) electrons. The first-order valence-electron chi connectivity index (χ1n) is 11.7.